The van der Waals surface area contributed by atoms with Crippen LogP contribution in [-0.4, -0.2) is 11.0 Å². The number of halogens is 1. The zero-order chi connectivity index (χ0) is 14.6. The Morgan fingerprint density at radius 2 is 1.90 bits per heavy atom. The van der Waals surface area contributed by atoms with Crippen molar-refractivity contribution in [2.45, 2.75) is 18.9 Å². The molecule has 0 aliphatic rings. The zero-order valence-corrected chi connectivity index (χ0v) is 12.7. The van der Waals surface area contributed by atoms with Crippen LogP contribution in [0.15, 0.2) is 59.1 Å². The van der Waals surface area contributed by atoms with Crippen LogP contribution in [0, 0.1) is 0 Å². The van der Waals surface area contributed by atoms with Crippen molar-refractivity contribution >= 4 is 27.5 Å². The molecule has 2 aromatic rings. The van der Waals surface area contributed by atoms with E-state index in [1.807, 2.05) is 48.5 Å². The van der Waals surface area contributed by atoms with Gasteiger partial charge in [-0.2, -0.15) is 0 Å². The molecule has 0 bridgehead atoms. The van der Waals surface area contributed by atoms with E-state index in [1.54, 1.807) is 13.0 Å². The second-order valence-electron chi connectivity index (χ2n) is 4.88. The highest BCUT2D eigenvalue weighted by Crippen LogP contribution is 2.25. The van der Waals surface area contributed by atoms with Crippen LogP contribution in [0.2, 0.25) is 0 Å². The molecule has 1 amide bonds. The van der Waals surface area contributed by atoms with Gasteiger partial charge in [0.15, 0.2) is 0 Å². The summed E-state index contributed by atoms with van der Waals surface area (Å²) in [5.74, 6) is -0.225. The van der Waals surface area contributed by atoms with Crippen LogP contribution in [0.1, 0.15) is 18.9 Å². The first kappa shape index (κ1) is 14.8. The summed E-state index contributed by atoms with van der Waals surface area (Å²) in [5.41, 5.74) is 0.245. The van der Waals surface area contributed by atoms with Crippen LogP contribution in [0.4, 0.5) is 5.69 Å². The molecule has 2 N–H and O–H groups in total. The summed E-state index contributed by atoms with van der Waals surface area (Å²) in [6.07, 6.45) is 0.00350. The van der Waals surface area contributed by atoms with Crippen LogP contribution in [0.25, 0.3) is 0 Å². The number of hydrogen-bond acceptors (Lipinski definition) is 2. The summed E-state index contributed by atoms with van der Waals surface area (Å²) in [5, 5.41) is 13.2. The monoisotopic (exact) mass is 333 g/mol. The van der Waals surface area contributed by atoms with Crippen LogP contribution < -0.4 is 5.32 Å². The molecular formula is C16H16BrNO2. The second-order valence-corrected chi connectivity index (χ2v) is 5.79. The molecule has 0 aliphatic carbocycles. The molecule has 4 heteroatoms. The van der Waals surface area contributed by atoms with Crippen molar-refractivity contribution in [2.75, 3.05) is 5.32 Å². The van der Waals surface area contributed by atoms with Crippen LogP contribution in [0.3, 0.4) is 0 Å². The van der Waals surface area contributed by atoms with E-state index < -0.39 is 5.60 Å². The molecule has 0 fully saturated rings. The lowest BCUT2D eigenvalue weighted by Crippen LogP contribution is -2.28. The van der Waals surface area contributed by atoms with E-state index in [0.29, 0.717) is 5.69 Å². The van der Waals surface area contributed by atoms with Crippen molar-refractivity contribution in [1.82, 2.24) is 0 Å². The van der Waals surface area contributed by atoms with Gasteiger partial charge in [0.25, 0.3) is 0 Å². The first-order valence-electron chi connectivity index (χ1n) is 6.31. The number of nitrogens with one attached hydrogen (secondary N) is 1. The third kappa shape index (κ3) is 3.92. The Morgan fingerprint density at radius 1 is 1.20 bits per heavy atom. The van der Waals surface area contributed by atoms with E-state index in [1.165, 1.54) is 0 Å². The van der Waals surface area contributed by atoms with E-state index in [0.717, 1.165) is 10.0 Å². The van der Waals surface area contributed by atoms with Gasteiger partial charge in [0, 0.05) is 10.2 Å². The number of rotatable bonds is 4. The maximum absolute atomic E-state index is 12.0. The Morgan fingerprint density at radius 3 is 2.55 bits per heavy atom. The fourth-order valence-electron chi connectivity index (χ4n) is 1.98. The highest BCUT2D eigenvalue weighted by atomic mass is 79.9. The molecule has 0 saturated heterocycles. The Balaban J connectivity index is 2.04. The molecule has 20 heavy (non-hydrogen) atoms. The van der Waals surface area contributed by atoms with E-state index in [4.69, 9.17) is 0 Å². The lowest BCUT2D eigenvalue weighted by molar-refractivity contribution is -0.120. The standard InChI is InChI=1S/C16H16BrNO2/c1-16(20,12-6-3-2-4-7-12)11-15(19)18-14-9-5-8-13(17)10-14/h2-10,20H,11H2,1H3,(H,18,19). The summed E-state index contributed by atoms with van der Waals surface area (Å²) >= 11 is 3.35. The summed E-state index contributed by atoms with van der Waals surface area (Å²) in [6, 6.07) is 16.5. The summed E-state index contributed by atoms with van der Waals surface area (Å²) in [6.45, 7) is 1.64. The number of carbonyl (C=O) groups excluding carboxylic acids is 1. The van der Waals surface area contributed by atoms with Crippen LogP contribution >= 0.6 is 15.9 Å². The second kappa shape index (κ2) is 6.20. The average Bonchev–Trinajstić information content (AvgIpc) is 2.39. The maximum atomic E-state index is 12.0. The number of benzene rings is 2. The van der Waals surface area contributed by atoms with Gasteiger partial charge in [-0.15, -0.1) is 0 Å². The van der Waals surface area contributed by atoms with Crippen molar-refractivity contribution in [3.8, 4) is 0 Å². The topological polar surface area (TPSA) is 49.3 Å². The summed E-state index contributed by atoms with van der Waals surface area (Å²) in [4.78, 5) is 12.0. The predicted octanol–water partition coefficient (Wildman–Crippen LogP) is 3.69. The number of hydrogen-bond donors (Lipinski definition) is 2. The Kier molecular flexibility index (Phi) is 4.57. The van der Waals surface area contributed by atoms with Crippen molar-refractivity contribution in [3.05, 3.63) is 64.6 Å². The smallest absolute Gasteiger partial charge is 0.227 e. The summed E-state index contributed by atoms with van der Waals surface area (Å²) < 4.78 is 0.894. The molecule has 1 unspecified atom stereocenters. The minimum absolute atomic E-state index is 0.00350. The van der Waals surface area contributed by atoms with Crippen molar-refractivity contribution < 1.29 is 9.90 Å². The number of amides is 1. The fraction of sp³-hybridized carbons (Fsp3) is 0.188. The first-order chi connectivity index (χ1) is 9.47. The molecular weight excluding hydrogens is 318 g/mol. The molecule has 2 aromatic carbocycles. The van der Waals surface area contributed by atoms with Gasteiger partial charge in [0.2, 0.25) is 5.91 Å². The fourth-order valence-corrected chi connectivity index (χ4v) is 2.38. The first-order valence-corrected chi connectivity index (χ1v) is 7.10. The maximum Gasteiger partial charge on any atom is 0.227 e. The van der Waals surface area contributed by atoms with Gasteiger partial charge in [-0.05, 0) is 30.7 Å². The highest BCUT2D eigenvalue weighted by Gasteiger charge is 2.26. The Hall–Kier alpha value is -1.65. The van der Waals surface area contributed by atoms with E-state index in [9.17, 15) is 9.90 Å². The molecule has 0 spiro atoms. The molecule has 0 radical (unpaired) electrons. The molecule has 104 valence electrons. The minimum atomic E-state index is -1.18. The normalized spacial score (nSPS) is 13.6. The molecule has 0 heterocycles. The van der Waals surface area contributed by atoms with Gasteiger partial charge in [-0.25, -0.2) is 0 Å². The van der Waals surface area contributed by atoms with Gasteiger partial charge >= 0.3 is 0 Å². The van der Waals surface area contributed by atoms with Crippen molar-refractivity contribution in [1.29, 1.82) is 0 Å². The van der Waals surface area contributed by atoms with E-state index in [2.05, 4.69) is 21.2 Å². The SMILES string of the molecule is CC(O)(CC(=O)Nc1cccc(Br)c1)c1ccccc1. The Bertz CT molecular complexity index is 596. The largest absolute Gasteiger partial charge is 0.385 e. The molecule has 3 nitrogen and oxygen atoms in total. The molecule has 0 aromatic heterocycles. The number of anilines is 1. The van der Waals surface area contributed by atoms with Gasteiger partial charge in [0.05, 0.1) is 12.0 Å². The number of aliphatic hydroxyl groups is 1. The molecule has 1 atom stereocenters. The van der Waals surface area contributed by atoms with Gasteiger partial charge in [-0.3, -0.25) is 4.79 Å². The average molecular weight is 334 g/mol. The van der Waals surface area contributed by atoms with Crippen LogP contribution in [-0.2, 0) is 10.4 Å². The quantitative estimate of drug-likeness (QED) is 0.896. The lowest BCUT2D eigenvalue weighted by atomic mass is 9.92. The predicted molar refractivity (Wildman–Crippen MR) is 83.4 cm³/mol. The highest BCUT2D eigenvalue weighted by molar-refractivity contribution is 9.10. The van der Waals surface area contributed by atoms with E-state index >= 15 is 0 Å². The van der Waals surface area contributed by atoms with E-state index in [-0.39, 0.29) is 12.3 Å². The van der Waals surface area contributed by atoms with Gasteiger partial charge in [-0.1, -0.05) is 52.3 Å². The minimum Gasteiger partial charge on any atom is -0.385 e. The third-order valence-corrected chi connectivity index (χ3v) is 3.50. The zero-order valence-electron chi connectivity index (χ0n) is 11.1. The van der Waals surface area contributed by atoms with Gasteiger partial charge in [0.1, 0.15) is 0 Å². The summed E-state index contributed by atoms with van der Waals surface area (Å²) in [7, 11) is 0. The molecule has 0 saturated carbocycles. The van der Waals surface area contributed by atoms with Crippen molar-refractivity contribution in [3.63, 3.8) is 0 Å². The Labute approximate surface area is 126 Å². The van der Waals surface area contributed by atoms with Crippen molar-refractivity contribution in [2.24, 2.45) is 0 Å². The molecule has 2 rings (SSSR count). The molecule has 0 aliphatic heterocycles. The third-order valence-electron chi connectivity index (χ3n) is 3.01. The van der Waals surface area contributed by atoms with Gasteiger partial charge < -0.3 is 10.4 Å². The van der Waals surface area contributed by atoms with Crippen LogP contribution in [0.5, 0.6) is 0 Å². The lowest BCUT2D eigenvalue weighted by Gasteiger charge is -2.23. The number of carbonyl (C=O) groups is 1.